The van der Waals surface area contributed by atoms with Crippen LogP contribution in [0.25, 0.3) is 0 Å². The molecule has 0 aromatic carbocycles. The Bertz CT molecular complexity index is 450. The van der Waals surface area contributed by atoms with Gasteiger partial charge in [-0.15, -0.1) is 0 Å². The Morgan fingerprint density at radius 2 is 2.15 bits per heavy atom. The Balaban J connectivity index is 1.75. The molecule has 0 radical (unpaired) electrons. The summed E-state index contributed by atoms with van der Waals surface area (Å²) in [5.74, 6) is 1.23. The first kappa shape index (κ1) is 14.7. The van der Waals surface area contributed by atoms with Gasteiger partial charge in [-0.25, -0.2) is 9.97 Å². The van der Waals surface area contributed by atoms with Crippen molar-refractivity contribution < 1.29 is 5.11 Å². The fraction of sp³-hybridized carbons (Fsp3) is 0.615. The van der Waals surface area contributed by atoms with Crippen LogP contribution in [0.5, 0.6) is 0 Å². The van der Waals surface area contributed by atoms with E-state index in [2.05, 4.69) is 25.2 Å². The summed E-state index contributed by atoms with van der Waals surface area (Å²) in [4.78, 5) is 14.6. The van der Waals surface area contributed by atoms with Crippen molar-refractivity contribution >= 4 is 23.5 Å². The number of hydrogen-bond acceptors (Lipinski definition) is 7. The third kappa shape index (κ3) is 3.88. The Kier molecular flexibility index (Phi) is 5.69. The molecule has 1 aromatic rings. The molecule has 20 heavy (non-hydrogen) atoms. The van der Waals surface area contributed by atoms with E-state index in [9.17, 15) is 0 Å². The van der Waals surface area contributed by atoms with Crippen LogP contribution < -0.4 is 16.0 Å². The molecule has 0 saturated carbocycles. The maximum absolute atomic E-state index is 8.69. The van der Waals surface area contributed by atoms with Crippen molar-refractivity contribution in [2.45, 2.75) is 19.3 Å². The van der Waals surface area contributed by atoms with Crippen LogP contribution in [0.2, 0.25) is 0 Å². The average molecular weight is 278 g/mol. The molecule has 0 amide bonds. The molecular formula is C13H22N6O. The standard InChI is InChI=1S/C13H22N6O/c14-12-11-13(18-10-17-12)19(8-6-16-11)7-5-15-4-2-1-3-9-20/h6,10,15,20H,1-5,7-9H2,(H2,14,17,18). The van der Waals surface area contributed by atoms with E-state index in [1.54, 1.807) is 0 Å². The number of aliphatic hydroxyl groups excluding tert-OH is 1. The largest absolute Gasteiger partial charge is 0.396 e. The lowest BCUT2D eigenvalue weighted by Gasteiger charge is -2.26. The van der Waals surface area contributed by atoms with Crippen molar-refractivity contribution in [3.05, 3.63) is 6.33 Å². The monoisotopic (exact) mass is 278 g/mol. The fourth-order valence-electron chi connectivity index (χ4n) is 2.13. The molecule has 4 N–H and O–H groups in total. The fourth-order valence-corrected chi connectivity index (χ4v) is 2.13. The Hall–Kier alpha value is -1.73. The second-order valence-electron chi connectivity index (χ2n) is 4.72. The summed E-state index contributed by atoms with van der Waals surface area (Å²) in [5.41, 5.74) is 6.47. The highest BCUT2D eigenvalue weighted by Gasteiger charge is 2.17. The minimum atomic E-state index is 0.283. The lowest BCUT2D eigenvalue weighted by Crippen LogP contribution is -2.35. The summed E-state index contributed by atoms with van der Waals surface area (Å²) >= 11 is 0. The van der Waals surface area contributed by atoms with Crippen LogP contribution in [0.15, 0.2) is 11.3 Å². The van der Waals surface area contributed by atoms with E-state index >= 15 is 0 Å². The van der Waals surface area contributed by atoms with Crippen LogP contribution in [0.1, 0.15) is 19.3 Å². The number of hydrogen-bond donors (Lipinski definition) is 3. The third-order valence-electron chi connectivity index (χ3n) is 3.22. The summed E-state index contributed by atoms with van der Waals surface area (Å²) in [5, 5.41) is 12.1. The molecule has 0 atom stereocenters. The number of unbranched alkanes of at least 4 members (excludes halogenated alkanes) is 2. The van der Waals surface area contributed by atoms with Gasteiger partial charge in [-0.05, 0) is 25.8 Å². The van der Waals surface area contributed by atoms with Crippen molar-refractivity contribution in [1.29, 1.82) is 0 Å². The van der Waals surface area contributed by atoms with Crippen molar-refractivity contribution in [2.24, 2.45) is 4.99 Å². The topological polar surface area (TPSA) is 99.7 Å². The number of rotatable bonds is 8. The van der Waals surface area contributed by atoms with E-state index in [0.29, 0.717) is 11.5 Å². The molecule has 0 unspecified atom stereocenters. The molecule has 7 heteroatoms. The highest BCUT2D eigenvalue weighted by Crippen LogP contribution is 2.31. The van der Waals surface area contributed by atoms with Crippen LogP contribution in [-0.2, 0) is 0 Å². The highest BCUT2D eigenvalue weighted by atomic mass is 16.2. The molecule has 7 nitrogen and oxygen atoms in total. The van der Waals surface area contributed by atoms with Crippen LogP contribution in [0.4, 0.5) is 17.3 Å². The first-order valence-corrected chi connectivity index (χ1v) is 7.02. The van der Waals surface area contributed by atoms with Crippen LogP contribution in [0.3, 0.4) is 0 Å². The van der Waals surface area contributed by atoms with Gasteiger partial charge in [0.25, 0.3) is 0 Å². The van der Waals surface area contributed by atoms with Crippen LogP contribution in [-0.4, -0.2) is 54.1 Å². The SMILES string of the molecule is Nc1ncnc2c1N=CCN2CCNCCCCCO. The van der Waals surface area contributed by atoms with Gasteiger partial charge < -0.3 is 21.1 Å². The molecular weight excluding hydrogens is 256 g/mol. The number of fused-ring (bicyclic) bond motifs is 1. The van der Waals surface area contributed by atoms with E-state index in [4.69, 9.17) is 10.8 Å². The number of nitrogen functional groups attached to an aromatic ring is 1. The van der Waals surface area contributed by atoms with Crippen molar-refractivity contribution in [3.8, 4) is 0 Å². The number of aliphatic imine (C=N–C) groups is 1. The van der Waals surface area contributed by atoms with E-state index in [-0.39, 0.29) is 6.61 Å². The minimum Gasteiger partial charge on any atom is -0.396 e. The summed E-state index contributed by atoms with van der Waals surface area (Å²) in [6.07, 6.45) is 6.35. The van der Waals surface area contributed by atoms with E-state index in [1.165, 1.54) is 6.33 Å². The average Bonchev–Trinajstić information content (AvgIpc) is 2.47. The number of aliphatic hydroxyl groups is 1. The lowest BCUT2D eigenvalue weighted by molar-refractivity contribution is 0.283. The van der Waals surface area contributed by atoms with Gasteiger partial charge in [0.1, 0.15) is 12.0 Å². The first-order chi connectivity index (χ1) is 9.83. The van der Waals surface area contributed by atoms with Gasteiger partial charge in [0.05, 0.1) is 6.54 Å². The quantitative estimate of drug-likeness (QED) is 0.593. The van der Waals surface area contributed by atoms with Gasteiger partial charge in [-0.3, -0.25) is 4.99 Å². The number of nitrogens with two attached hydrogens (primary N) is 1. The summed E-state index contributed by atoms with van der Waals surface area (Å²) < 4.78 is 0. The smallest absolute Gasteiger partial charge is 0.160 e. The maximum atomic E-state index is 8.69. The van der Waals surface area contributed by atoms with Gasteiger partial charge in [0.2, 0.25) is 0 Å². The summed E-state index contributed by atoms with van der Waals surface area (Å²) in [6, 6.07) is 0. The number of nitrogens with one attached hydrogen (secondary N) is 1. The zero-order valence-corrected chi connectivity index (χ0v) is 11.6. The molecule has 0 saturated heterocycles. The van der Waals surface area contributed by atoms with Gasteiger partial charge in [-0.1, -0.05) is 0 Å². The van der Waals surface area contributed by atoms with Gasteiger partial charge in [0, 0.05) is 25.9 Å². The highest BCUT2D eigenvalue weighted by molar-refractivity contribution is 5.84. The molecule has 1 aliphatic heterocycles. The minimum absolute atomic E-state index is 0.283. The Labute approximate surface area is 118 Å². The molecule has 1 aliphatic rings. The zero-order chi connectivity index (χ0) is 14.2. The first-order valence-electron chi connectivity index (χ1n) is 7.02. The predicted molar refractivity (Wildman–Crippen MR) is 80.6 cm³/mol. The zero-order valence-electron chi connectivity index (χ0n) is 11.6. The molecule has 0 fully saturated rings. The lowest BCUT2D eigenvalue weighted by atomic mass is 10.2. The van der Waals surface area contributed by atoms with Crippen LogP contribution in [0, 0.1) is 0 Å². The Morgan fingerprint density at radius 1 is 1.25 bits per heavy atom. The predicted octanol–water partition coefficient (Wildman–Crippen LogP) is 0.333. The summed E-state index contributed by atoms with van der Waals surface area (Å²) in [7, 11) is 0. The maximum Gasteiger partial charge on any atom is 0.160 e. The van der Waals surface area contributed by atoms with E-state index < -0.39 is 0 Å². The van der Waals surface area contributed by atoms with E-state index in [0.717, 1.165) is 51.3 Å². The second kappa shape index (κ2) is 7.76. The second-order valence-corrected chi connectivity index (χ2v) is 4.72. The van der Waals surface area contributed by atoms with Gasteiger partial charge in [0.15, 0.2) is 11.6 Å². The number of aromatic nitrogens is 2. The molecule has 1 aromatic heterocycles. The molecule has 2 heterocycles. The van der Waals surface area contributed by atoms with Crippen molar-refractivity contribution in [1.82, 2.24) is 15.3 Å². The van der Waals surface area contributed by atoms with Gasteiger partial charge >= 0.3 is 0 Å². The normalized spacial score (nSPS) is 13.6. The summed E-state index contributed by atoms with van der Waals surface area (Å²) in [6.45, 7) is 3.74. The number of anilines is 2. The molecule has 110 valence electrons. The number of nitrogens with zero attached hydrogens (tertiary/aromatic N) is 4. The van der Waals surface area contributed by atoms with Crippen LogP contribution >= 0.6 is 0 Å². The molecule has 0 spiro atoms. The van der Waals surface area contributed by atoms with Crippen molar-refractivity contribution in [2.75, 3.05) is 43.4 Å². The van der Waals surface area contributed by atoms with E-state index in [1.807, 2.05) is 6.21 Å². The molecule has 0 bridgehead atoms. The third-order valence-corrected chi connectivity index (χ3v) is 3.22. The van der Waals surface area contributed by atoms with Gasteiger partial charge in [-0.2, -0.15) is 0 Å². The molecule has 2 rings (SSSR count). The Morgan fingerprint density at radius 3 is 3.00 bits per heavy atom. The molecule has 0 aliphatic carbocycles. The van der Waals surface area contributed by atoms with Crippen molar-refractivity contribution in [3.63, 3.8) is 0 Å².